The van der Waals surface area contributed by atoms with Crippen molar-refractivity contribution in [2.75, 3.05) is 18.6 Å². The summed E-state index contributed by atoms with van der Waals surface area (Å²) >= 11 is 0. The lowest BCUT2D eigenvalue weighted by Crippen LogP contribution is -2.09. The van der Waals surface area contributed by atoms with Crippen LogP contribution in [0, 0.1) is 13.8 Å². The SMILES string of the molecule is CPc1cccc(C)c1/N=C(C)/C=C(/C)Nc1c(C)cccc1PC. The molecule has 0 aliphatic rings. The van der Waals surface area contributed by atoms with Gasteiger partial charge in [-0.3, -0.25) is 4.99 Å². The molecule has 0 bridgehead atoms. The Bertz CT molecular complexity index is 808. The van der Waals surface area contributed by atoms with Crippen LogP contribution in [0.2, 0.25) is 0 Å². The van der Waals surface area contributed by atoms with Crippen molar-refractivity contribution in [3.8, 4) is 0 Å². The monoisotopic (exact) mass is 370 g/mol. The second-order valence-corrected chi connectivity index (χ2v) is 8.25. The molecule has 25 heavy (non-hydrogen) atoms. The van der Waals surface area contributed by atoms with Crippen LogP contribution in [0.15, 0.2) is 53.2 Å². The zero-order chi connectivity index (χ0) is 18.4. The smallest absolute Gasteiger partial charge is 0.0735 e. The average Bonchev–Trinajstić information content (AvgIpc) is 2.58. The summed E-state index contributed by atoms with van der Waals surface area (Å²) in [6, 6.07) is 12.9. The van der Waals surface area contributed by atoms with Crippen molar-refractivity contribution in [3.63, 3.8) is 0 Å². The Morgan fingerprint density at radius 2 is 1.52 bits per heavy atom. The highest BCUT2D eigenvalue weighted by molar-refractivity contribution is 7.47. The minimum absolute atomic E-state index is 0.752. The molecule has 2 rings (SSSR count). The van der Waals surface area contributed by atoms with Crippen molar-refractivity contribution < 1.29 is 0 Å². The van der Waals surface area contributed by atoms with Crippen molar-refractivity contribution in [2.24, 2.45) is 4.99 Å². The summed E-state index contributed by atoms with van der Waals surface area (Å²) in [5, 5.41) is 6.28. The van der Waals surface area contributed by atoms with Crippen LogP contribution < -0.4 is 15.9 Å². The summed E-state index contributed by atoms with van der Waals surface area (Å²) in [5.74, 6) is 0. The Labute approximate surface area is 155 Å². The molecule has 2 atom stereocenters. The molecule has 132 valence electrons. The molecule has 0 fully saturated rings. The summed E-state index contributed by atoms with van der Waals surface area (Å²) in [6.07, 6.45) is 2.13. The number of rotatable bonds is 6. The Kier molecular flexibility index (Phi) is 7.36. The zero-order valence-corrected chi connectivity index (χ0v) is 18.0. The van der Waals surface area contributed by atoms with Crippen LogP contribution in [0.5, 0.6) is 0 Å². The first-order valence-corrected chi connectivity index (χ1v) is 11.5. The van der Waals surface area contributed by atoms with E-state index in [1.807, 2.05) is 0 Å². The van der Waals surface area contributed by atoms with Crippen molar-refractivity contribution in [1.29, 1.82) is 0 Å². The van der Waals surface area contributed by atoms with Gasteiger partial charge in [-0.05, 0) is 68.8 Å². The number of anilines is 1. The molecule has 1 N–H and O–H groups in total. The molecular weight excluding hydrogens is 342 g/mol. The maximum Gasteiger partial charge on any atom is 0.0735 e. The lowest BCUT2D eigenvalue weighted by Gasteiger charge is -2.14. The molecule has 0 spiro atoms. The quantitative estimate of drug-likeness (QED) is 0.543. The summed E-state index contributed by atoms with van der Waals surface area (Å²) in [6.45, 7) is 12.9. The van der Waals surface area contributed by atoms with Gasteiger partial charge in [-0.1, -0.05) is 53.6 Å². The van der Waals surface area contributed by atoms with Gasteiger partial charge < -0.3 is 5.32 Å². The molecule has 2 aromatic rings. The van der Waals surface area contributed by atoms with Gasteiger partial charge in [-0.15, -0.1) is 0 Å². The lowest BCUT2D eigenvalue weighted by atomic mass is 10.2. The van der Waals surface area contributed by atoms with E-state index >= 15 is 0 Å². The summed E-state index contributed by atoms with van der Waals surface area (Å²) in [5.41, 5.74) is 7.01. The molecular formula is C21H28N2P2. The van der Waals surface area contributed by atoms with Gasteiger partial charge in [0.1, 0.15) is 0 Å². The molecule has 2 aromatic carbocycles. The fraction of sp³-hybridized carbons (Fsp3) is 0.286. The van der Waals surface area contributed by atoms with Gasteiger partial charge in [0.2, 0.25) is 0 Å². The van der Waals surface area contributed by atoms with Gasteiger partial charge in [0, 0.05) is 17.1 Å². The van der Waals surface area contributed by atoms with Gasteiger partial charge in [-0.25, -0.2) is 0 Å². The minimum Gasteiger partial charge on any atom is -0.358 e. The topological polar surface area (TPSA) is 24.4 Å². The Morgan fingerprint density at radius 1 is 0.920 bits per heavy atom. The number of aryl methyl sites for hydroxylation is 2. The summed E-state index contributed by atoms with van der Waals surface area (Å²) in [4.78, 5) is 4.88. The van der Waals surface area contributed by atoms with E-state index in [1.54, 1.807) is 0 Å². The third kappa shape index (κ3) is 5.24. The largest absolute Gasteiger partial charge is 0.358 e. The number of benzene rings is 2. The number of nitrogens with one attached hydrogen (secondary N) is 1. The number of hydrogen-bond acceptors (Lipinski definition) is 2. The molecule has 2 nitrogen and oxygen atoms in total. The molecule has 0 saturated heterocycles. The van der Waals surface area contributed by atoms with Crippen LogP contribution in [0.3, 0.4) is 0 Å². The second kappa shape index (κ2) is 9.27. The minimum atomic E-state index is 0.752. The molecule has 0 aliphatic heterocycles. The Balaban J connectivity index is 2.29. The van der Waals surface area contributed by atoms with E-state index in [4.69, 9.17) is 4.99 Å². The number of aliphatic imine (C=N–C) groups is 1. The standard InChI is InChI=1S/C21H28N2P2/c1-14-9-7-11-18(24-5)20(14)22-16(3)13-17(4)23-21-15(2)10-8-12-19(21)25-6/h7-13,22,24-25H,1-6H3/b16-13-,23-17+. The van der Waals surface area contributed by atoms with Crippen molar-refractivity contribution in [3.05, 3.63) is 59.3 Å². The third-order valence-corrected chi connectivity index (χ3v) is 5.98. The molecule has 0 aliphatic carbocycles. The average molecular weight is 370 g/mol. The Hall–Kier alpha value is -1.49. The molecule has 0 saturated carbocycles. The first-order chi connectivity index (χ1) is 12.0. The maximum atomic E-state index is 4.88. The van der Waals surface area contributed by atoms with Crippen LogP contribution in [0.1, 0.15) is 25.0 Å². The van der Waals surface area contributed by atoms with Gasteiger partial charge in [0.15, 0.2) is 0 Å². The number of hydrogen-bond donors (Lipinski definition) is 1. The van der Waals surface area contributed by atoms with Crippen LogP contribution in [-0.2, 0) is 0 Å². The van der Waals surface area contributed by atoms with Crippen LogP contribution >= 0.6 is 17.2 Å². The van der Waals surface area contributed by atoms with Crippen molar-refractivity contribution >= 4 is 44.9 Å². The predicted octanol–water partition coefficient (Wildman–Crippen LogP) is 5.28. The number of nitrogens with zero attached hydrogens (tertiary/aromatic N) is 1. The highest BCUT2D eigenvalue weighted by atomic mass is 31.1. The van der Waals surface area contributed by atoms with E-state index in [-0.39, 0.29) is 0 Å². The fourth-order valence-electron chi connectivity index (χ4n) is 2.81. The second-order valence-electron chi connectivity index (χ2n) is 6.17. The molecule has 0 amide bonds. The number of allylic oxidation sites excluding steroid dienone is 2. The normalized spacial score (nSPS) is 13.4. The van der Waals surface area contributed by atoms with Gasteiger partial charge >= 0.3 is 0 Å². The van der Waals surface area contributed by atoms with Crippen molar-refractivity contribution in [2.45, 2.75) is 27.7 Å². The van der Waals surface area contributed by atoms with E-state index < -0.39 is 0 Å². The first kappa shape index (κ1) is 19.8. The summed E-state index contributed by atoms with van der Waals surface area (Å²) < 4.78 is 0. The van der Waals surface area contributed by atoms with E-state index in [2.05, 4.69) is 88.8 Å². The van der Waals surface area contributed by atoms with Crippen LogP contribution in [0.25, 0.3) is 0 Å². The van der Waals surface area contributed by atoms with E-state index in [0.29, 0.717) is 0 Å². The van der Waals surface area contributed by atoms with E-state index in [9.17, 15) is 0 Å². The van der Waals surface area contributed by atoms with Crippen molar-refractivity contribution in [1.82, 2.24) is 0 Å². The fourth-order valence-corrected chi connectivity index (χ4v) is 4.33. The third-order valence-electron chi connectivity index (χ3n) is 4.08. The highest BCUT2D eigenvalue weighted by Crippen LogP contribution is 2.23. The molecule has 4 heteroatoms. The molecule has 2 unspecified atom stereocenters. The predicted molar refractivity (Wildman–Crippen MR) is 120 cm³/mol. The van der Waals surface area contributed by atoms with Gasteiger partial charge in [0.05, 0.1) is 5.69 Å². The number of para-hydroxylation sites is 2. The lowest BCUT2D eigenvalue weighted by molar-refractivity contribution is 1.35. The molecule has 0 heterocycles. The van der Waals surface area contributed by atoms with Gasteiger partial charge in [0.25, 0.3) is 0 Å². The molecule has 0 radical (unpaired) electrons. The zero-order valence-electron chi connectivity index (χ0n) is 16.0. The summed E-state index contributed by atoms with van der Waals surface area (Å²) in [7, 11) is 1.53. The van der Waals surface area contributed by atoms with E-state index in [1.165, 1.54) is 27.4 Å². The van der Waals surface area contributed by atoms with Crippen LogP contribution in [-0.4, -0.2) is 19.0 Å². The first-order valence-electron chi connectivity index (χ1n) is 8.51. The maximum absolute atomic E-state index is 4.88. The van der Waals surface area contributed by atoms with Gasteiger partial charge in [-0.2, -0.15) is 0 Å². The van der Waals surface area contributed by atoms with Crippen LogP contribution in [0.4, 0.5) is 11.4 Å². The van der Waals surface area contributed by atoms with E-state index in [0.717, 1.165) is 34.3 Å². The Morgan fingerprint density at radius 3 is 2.16 bits per heavy atom. The highest BCUT2D eigenvalue weighted by Gasteiger charge is 2.05. The molecule has 0 aromatic heterocycles.